The maximum absolute atomic E-state index is 13.2. The number of hydrogen-bond acceptors (Lipinski definition) is 4. The molecule has 0 aliphatic carbocycles. The summed E-state index contributed by atoms with van der Waals surface area (Å²) in [7, 11) is 0. The summed E-state index contributed by atoms with van der Waals surface area (Å²) in [6, 6.07) is 8.58. The summed E-state index contributed by atoms with van der Waals surface area (Å²) in [5.41, 5.74) is -0.860. The second kappa shape index (κ2) is 7.85. The van der Waals surface area contributed by atoms with Crippen LogP contribution in [-0.4, -0.2) is 20.7 Å². The van der Waals surface area contributed by atoms with E-state index in [9.17, 15) is 23.2 Å². The van der Waals surface area contributed by atoms with Crippen molar-refractivity contribution in [3.05, 3.63) is 68.5 Å². The highest BCUT2D eigenvalue weighted by Gasteiger charge is 2.36. The number of aryl methyl sites for hydroxylation is 1. The van der Waals surface area contributed by atoms with E-state index in [2.05, 4.69) is 31.3 Å². The van der Waals surface area contributed by atoms with Crippen molar-refractivity contribution in [1.82, 2.24) is 14.8 Å². The fourth-order valence-corrected chi connectivity index (χ4v) is 3.32. The maximum atomic E-state index is 13.2. The van der Waals surface area contributed by atoms with E-state index >= 15 is 0 Å². The minimum atomic E-state index is -4.78. The van der Waals surface area contributed by atoms with Gasteiger partial charge in [0.25, 0.3) is 5.91 Å². The normalized spacial score (nSPS) is 11.2. The van der Waals surface area contributed by atoms with E-state index < -0.39 is 23.5 Å². The summed E-state index contributed by atoms with van der Waals surface area (Å²) in [5.74, 6) is -1.04. The molecular weight excluding hydrogens is 475 g/mol. The average molecular weight is 485 g/mol. The van der Waals surface area contributed by atoms with Crippen molar-refractivity contribution in [2.45, 2.75) is 13.1 Å². The van der Waals surface area contributed by atoms with Crippen molar-refractivity contribution in [3.63, 3.8) is 0 Å². The summed E-state index contributed by atoms with van der Waals surface area (Å²) >= 11 is 9.27. The van der Waals surface area contributed by atoms with Gasteiger partial charge in [0, 0.05) is 16.7 Å². The number of anilines is 1. The molecule has 3 rings (SSSR count). The number of halogens is 5. The Balaban J connectivity index is 2.12. The maximum Gasteiger partial charge on any atom is 0.435 e. The summed E-state index contributed by atoms with van der Waals surface area (Å²) in [6.45, 7) is 1.65. The van der Waals surface area contributed by atoms with Gasteiger partial charge in [-0.1, -0.05) is 27.5 Å². The molecule has 0 fully saturated rings. The molecule has 0 saturated heterocycles. The Bertz CT molecular complexity index is 1150. The minimum Gasteiger partial charge on any atom is -0.319 e. The molecule has 0 saturated carbocycles. The lowest BCUT2D eigenvalue weighted by Gasteiger charge is -2.12. The fourth-order valence-electron chi connectivity index (χ4n) is 2.55. The third-order valence-corrected chi connectivity index (χ3v) is 4.58. The Kier molecular flexibility index (Phi) is 5.64. The second-order valence-corrected chi connectivity index (χ2v) is 7.17. The number of aromatic nitrogens is 3. The molecule has 0 spiro atoms. The third kappa shape index (κ3) is 4.26. The van der Waals surface area contributed by atoms with Crippen LogP contribution in [0.1, 0.15) is 27.3 Å². The predicted octanol–water partition coefficient (Wildman–Crippen LogP) is 5.13. The topological polar surface area (TPSA) is 83.6 Å². The molecule has 1 amide bonds. The van der Waals surface area contributed by atoms with E-state index in [4.69, 9.17) is 11.6 Å². The van der Waals surface area contributed by atoms with Gasteiger partial charge in [-0.25, -0.2) is 9.67 Å². The molecule has 3 aromatic rings. The van der Waals surface area contributed by atoms with E-state index in [1.165, 1.54) is 24.4 Å². The number of rotatable bonds is 3. The van der Waals surface area contributed by atoms with Gasteiger partial charge < -0.3 is 5.32 Å². The number of carbonyl (C=O) groups excluding carboxylic acids is 1. The first-order valence-corrected chi connectivity index (χ1v) is 9.08. The van der Waals surface area contributed by atoms with Crippen LogP contribution in [0.15, 0.2) is 41.0 Å². The van der Waals surface area contributed by atoms with Gasteiger partial charge in [-0.3, -0.25) is 4.79 Å². The van der Waals surface area contributed by atoms with E-state index in [1.54, 1.807) is 13.0 Å². The number of amides is 1. The highest BCUT2D eigenvalue weighted by Crippen LogP contribution is 2.31. The van der Waals surface area contributed by atoms with E-state index in [-0.39, 0.29) is 22.1 Å². The van der Waals surface area contributed by atoms with Gasteiger partial charge in [-0.2, -0.15) is 23.5 Å². The Hall–Kier alpha value is -2.90. The van der Waals surface area contributed by atoms with E-state index in [1.807, 2.05) is 6.07 Å². The van der Waals surface area contributed by atoms with Gasteiger partial charge in [-0.15, -0.1) is 0 Å². The average Bonchev–Trinajstić information content (AvgIpc) is 3.09. The molecule has 29 heavy (non-hydrogen) atoms. The molecule has 1 N–H and O–H groups in total. The van der Waals surface area contributed by atoms with Crippen LogP contribution in [0.4, 0.5) is 18.9 Å². The van der Waals surface area contributed by atoms with Crippen molar-refractivity contribution in [2.75, 3.05) is 5.32 Å². The Morgan fingerprint density at radius 3 is 2.69 bits per heavy atom. The molecule has 1 aromatic carbocycles. The standard InChI is InChI=1S/C18H10BrClF3N5O/c1-9-5-11(19)6-10(8-24)15(9)26-17(29)13-7-14(18(21,22)23)27-28(13)16-12(20)3-2-4-25-16/h2-7H,1H3,(H,26,29). The number of benzene rings is 1. The zero-order valence-electron chi connectivity index (χ0n) is 14.6. The lowest BCUT2D eigenvalue weighted by atomic mass is 10.1. The SMILES string of the molecule is Cc1cc(Br)cc(C#N)c1NC(=O)c1cc(C(F)(F)F)nn1-c1ncccc1Cl. The number of carbonyl (C=O) groups is 1. The Morgan fingerprint density at radius 2 is 2.07 bits per heavy atom. The first kappa shape index (κ1) is 20.8. The van der Waals surface area contributed by atoms with Crippen LogP contribution >= 0.6 is 27.5 Å². The van der Waals surface area contributed by atoms with Crippen LogP contribution in [0.2, 0.25) is 5.02 Å². The molecule has 2 heterocycles. The van der Waals surface area contributed by atoms with Crippen LogP contribution in [0.3, 0.4) is 0 Å². The number of pyridine rings is 1. The largest absolute Gasteiger partial charge is 0.435 e. The highest BCUT2D eigenvalue weighted by molar-refractivity contribution is 9.10. The molecule has 0 atom stereocenters. The molecule has 0 aliphatic heterocycles. The smallest absolute Gasteiger partial charge is 0.319 e. The van der Waals surface area contributed by atoms with Gasteiger partial charge in [0.15, 0.2) is 11.5 Å². The van der Waals surface area contributed by atoms with Gasteiger partial charge in [0.05, 0.1) is 16.3 Å². The molecule has 0 aliphatic rings. The summed E-state index contributed by atoms with van der Waals surface area (Å²) in [5, 5.41) is 15.3. The first-order valence-electron chi connectivity index (χ1n) is 7.91. The number of alkyl halides is 3. The lowest BCUT2D eigenvalue weighted by Crippen LogP contribution is -2.19. The van der Waals surface area contributed by atoms with Gasteiger partial charge in [0.1, 0.15) is 11.8 Å². The molecule has 0 radical (unpaired) electrons. The highest BCUT2D eigenvalue weighted by atomic mass is 79.9. The molecule has 11 heteroatoms. The quantitative estimate of drug-likeness (QED) is 0.558. The molecule has 0 unspecified atom stereocenters. The molecule has 0 bridgehead atoms. The number of hydrogen-bond donors (Lipinski definition) is 1. The Morgan fingerprint density at radius 1 is 1.34 bits per heavy atom. The third-order valence-electron chi connectivity index (χ3n) is 3.83. The van der Waals surface area contributed by atoms with Crippen molar-refractivity contribution in [3.8, 4) is 11.9 Å². The number of nitriles is 1. The van der Waals surface area contributed by atoms with Gasteiger partial charge in [0.2, 0.25) is 0 Å². The van der Waals surface area contributed by atoms with Gasteiger partial charge >= 0.3 is 6.18 Å². The Labute approximate surface area is 176 Å². The number of nitrogens with zero attached hydrogens (tertiary/aromatic N) is 4. The van der Waals surface area contributed by atoms with Crippen molar-refractivity contribution in [2.24, 2.45) is 0 Å². The minimum absolute atomic E-state index is 0.0101. The summed E-state index contributed by atoms with van der Waals surface area (Å²) < 4.78 is 41.0. The summed E-state index contributed by atoms with van der Waals surface area (Å²) in [4.78, 5) is 16.8. The first-order chi connectivity index (χ1) is 13.6. The monoisotopic (exact) mass is 483 g/mol. The predicted molar refractivity (Wildman–Crippen MR) is 103 cm³/mol. The van der Waals surface area contributed by atoms with Crippen LogP contribution in [0, 0.1) is 18.3 Å². The van der Waals surface area contributed by atoms with Crippen molar-refractivity contribution >= 4 is 39.1 Å². The van der Waals surface area contributed by atoms with E-state index in [0.717, 1.165) is 4.68 Å². The van der Waals surface area contributed by atoms with Crippen LogP contribution in [-0.2, 0) is 6.18 Å². The van der Waals surface area contributed by atoms with Crippen LogP contribution in [0.25, 0.3) is 5.82 Å². The molecule has 148 valence electrons. The van der Waals surface area contributed by atoms with E-state index in [0.29, 0.717) is 16.1 Å². The molecular formula is C18H10BrClF3N5O. The zero-order valence-corrected chi connectivity index (χ0v) is 16.9. The van der Waals surface area contributed by atoms with Gasteiger partial charge in [-0.05, 0) is 36.8 Å². The summed E-state index contributed by atoms with van der Waals surface area (Å²) in [6.07, 6.45) is -3.47. The second-order valence-electron chi connectivity index (χ2n) is 5.84. The van der Waals surface area contributed by atoms with Crippen molar-refractivity contribution in [1.29, 1.82) is 5.26 Å². The van der Waals surface area contributed by atoms with Crippen molar-refractivity contribution < 1.29 is 18.0 Å². The van der Waals surface area contributed by atoms with Crippen LogP contribution in [0.5, 0.6) is 0 Å². The molecule has 2 aromatic heterocycles. The fraction of sp³-hybridized carbons (Fsp3) is 0.111. The zero-order chi connectivity index (χ0) is 21.3. The molecule has 6 nitrogen and oxygen atoms in total. The number of nitrogens with one attached hydrogen (secondary N) is 1. The lowest BCUT2D eigenvalue weighted by molar-refractivity contribution is -0.141. The van der Waals surface area contributed by atoms with Crippen LogP contribution < -0.4 is 5.32 Å².